The molecule has 0 amide bonds. The predicted octanol–water partition coefficient (Wildman–Crippen LogP) is 4.38. The number of aromatic hydroxyl groups is 1. The molecular weight excluding hydrogens is 560 g/mol. The van der Waals surface area contributed by atoms with Crippen LogP contribution < -0.4 is 24.4 Å². The molecule has 2 heterocycles. The first-order chi connectivity index (χ1) is 19.9. The van der Waals surface area contributed by atoms with Gasteiger partial charge in [-0.05, 0) is 54.6 Å². The molecule has 3 aromatic carbocycles. The Morgan fingerprint density at radius 2 is 1.73 bits per heavy atom. The van der Waals surface area contributed by atoms with E-state index in [-0.39, 0.29) is 29.4 Å². The van der Waals surface area contributed by atoms with E-state index in [0.29, 0.717) is 26.2 Å². The SMILES string of the molecule is CCOC(=O)C1=C(c2ccccc2)N=c2s/c(=C/c3cc(OC)c(O)c(OC)c3)c(=O)n2[C@@H]1c1ccc(SC)cc1. The molecule has 4 aromatic rings. The number of hydrogen-bond donors (Lipinski definition) is 1. The van der Waals surface area contributed by atoms with E-state index in [1.54, 1.807) is 41.5 Å². The highest BCUT2D eigenvalue weighted by Crippen LogP contribution is 2.38. The van der Waals surface area contributed by atoms with Crippen LogP contribution in [0.1, 0.15) is 29.7 Å². The van der Waals surface area contributed by atoms with Crippen molar-refractivity contribution in [3.8, 4) is 17.2 Å². The standard InChI is InChI=1S/C31H28N2O6S2/c1-5-39-30(36)25-26(19-9-7-6-8-10-19)32-31-33(27(25)20-11-13-21(40-4)14-12-20)29(35)24(41-31)17-18-15-22(37-2)28(34)23(16-18)38-3/h6-17,27,34H,5H2,1-4H3/b24-17+/t27-/m1/s1. The van der Waals surface area contributed by atoms with Crippen molar-refractivity contribution in [2.75, 3.05) is 27.1 Å². The van der Waals surface area contributed by atoms with E-state index in [0.717, 1.165) is 16.0 Å². The van der Waals surface area contributed by atoms with E-state index in [9.17, 15) is 14.7 Å². The lowest BCUT2D eigenvalue weighted by Crippen LogP contribution is -2.40. The van der Waals surface area contributed by atoms with Gasteiger partial charge in [0.2, 0.25) is 5.75 Å². The van der Waals surface area contributed by atoms with Gasteiger partial charge in [-0.25, -0.2) is 9.79 Å². The van der Waals surface area contributed by atoms with Crippen molar-refractivity contribution in [2.24, 2.45) is 4.99 Å². The lowest BCUT2D eigenvalue weighted by atomic mass is 9.93. The third-order valence-electron chi connectivity index (χ3n) is 6.61. The van der Waals surface area contributed by atoms with Crippen molar-refractivity contribution in [3.05, 3.63) is 109 Å². The number of nitrogens with zero attached hydrogens (tertiary/aromatic N) is 2. The molecule has 1 aromatic heterocycles. The van der Waals surface area contributed by atoms with Crippen LogP contribution in [0.5, 0.6) is 17.2 Å². The Kier molecular flexibility index (Phi) is 8.32. The highest BCUT2D eigenvalue weighted by molar-refractivity contribution is 7.98. The summed E-state index contributed by atoms with van der Waals surface area (Å²) in [7, 11) is 2.88. The van der Waals surface area contributed by atoms with Crippen molar-refractivity contribution < 1.29 is 24.1 Å². The number of carbonyl (C=O) groups is 1. The number of carbonyl (C=O) groups excluding carboxylic acids is 1. The molecule has 0 spiro atoms. The summed E-state index contributed by atoms with van der Waals surface area (Å²) in [6.07, 6.45) is 3.68. The largest absolute Gasteiger partial charge is 0.502 e. The quantitative estimate of drug-likeness (QED) is 0.241. The minimum Gasteiger partial charge on any atom is -0.502 e. The Morgan fingerprint density at radius 3 is 2.32 bits per heavy atom. The average molecular weight is 589 g/mol. The van der Waals surface area contributed by atoms with Gasteiger partial charge in [0.05, 0.1) is 42.7 Å². The van der Waals surface area contributed by atoms with Gasteiger partial charge < -0.3 is 19.3 Å². The minimum atomic E-state index is -0.762. The summed E-state index contributed by atoms with van der Waals surface area (Å²) in [5.74, 6) is -0.234. The number of rotatable bonds is 8. The van der Waals surface area contributed by atoms with Gasteiger partial charge in [0, 0.05) is 10.5 Å². The maximum absolute atomic E-state index is 14.1. The van der Waals surface area contributed by atoms with Gasteiger partial charge in [0.1, 0.15) is 0 Å². The van der Waals surface area contributed by atoms with Crippen molar-refractivity contribution in [1.82, 2.24) is 4.57 Å². The number of fused-ring (bicyclic) bond motifs is 1. The number of ether oxygens (including phenoxy) is 3. The van der Waals surface area contributed by atoms with Crippen molar-refractivity contribution in [3.63, 3.8) is 0 Å². The molecule has 8 nitrogen and oxygen atoms in total. The van der Waals surface area contributed by atoms with Gasteiger partial charge in [-0.2, -0.15) is 0 Å². The smallest absolute Gasteiger partial charge is 0.338 e. The second kappa shape index (κ2) is 12.1. The van der Waals surface area contributed by atoms with Gasteiger partial charge in [0.25, 0.3) is 5.56 Å². The summed E-state index contributed by atoms with van der Waals surface area (Å²) >= 11 is 2.82. The Balaban J connectivity index is 1.81. The average Bonchev–Trinajstić information content (AvgIpc) is 3.31. The molecule has 0 radical (unpaired) electrons. The van der Waals surface area contributed by atoms with Gasteiger partial charge in [-0.3, -0.25) is 9.36 Å². The van der Waals surface area contributed by atoms with Crippen molar-refractivity contribution >= 4 is 40.8 Å². The molecule has 5 rings (SSSR count). The van der Waals surface area contributed by atoms with E-state index < -0.39 is 12.0 Å². The van der Waals surface area contributed by atoms with E-state index in [1.165, 1.54) is 25.6 Å². The van der Waals surface area contributed by atoms with Crippen LogP contribution in [-0.2, 0) is 9.53 Å². The highest BCUT2D eigenvalue weighted by atomic mass is 32.2. The molecule has 1 aliphatic rings. The lowest BCUT2D eigenvalue weighted by molar-refractivity contribution is -0.138. The van der Waals surface area contributed by atoms with Crippen LogP contribution >= 0.6 is 23.1 Å². The molecule has 210 valence electrons. The van der Waals surface area contributed by atoms with Crippen molar-refractivity contribution in [2.45, 2.75) is 17.9 Å². The fourth-order valence-electron chi connectivity index (χ4n) is 4.69. The molecule has 1 N–H and O–H groups in total. The Morgan fingerprint density at radius 1 is 1.07 bits per heavy atom. The molecule has 1 atom stereocenters. The Labute approximate surface area is 244 Å². The molecule has 0 fully saturated rings. The molecule has 0 unspecified atom stereocenters. The first kappa shape index (κ1) is 28.3. The number of methoxy groups -OCH3 is 2. The lowest BCUT2D eigenvalue weighted by Gasteiger charge is -2.26. The summed E-state index contributed by atoms with van der Waals surface area (Å²) in [6.45, 7) is 1.93. The van der Waals surface area contributed by atoms with Crippen LogP contribution in [0, 0.1) is 0 Å². The molecule has 10 heteroatoms. The Bertz CT molecular complexity index is 1780. The molecule has 1 aliphatic heterocycles. The second-order valence-corrected chi connectivity index (χ2v) is 10.9. The van der Waals surface area contributed by atoms with Crippen LogP contribution in [0.25, 0.3) is 11.8 Å². The number of phenols is 1. The zero-order valence-corrected chi connectivity index (χ0v) is 24.5. The molecule has 0 saturated heterocycles. The van der Waals surface area contributed by atoms with Crippen LogP contribution in [-0.4, -0.2) is 42.7 Å². The topological polar surface area (TPSA) is 99.4 Å². The minimum absolute atomic E-state index is 0.131. The van der Waals surface area contributed by atoms with E-state index >= 15 is 0 Å². The molecule has 0 saturated carbocycles. The molecular formula is C31H28N2O6S2. The van der Waals surface area contributed by atoms with Crippen LogP contribution in [0.4, 0.5) is 0 Å². The zero-order chi connectivity index (χ0) is 29.1. The summed E-state index contributed by atoms with van der Waals surface area (Å²) in [5, 5.41) is 10.3. The summed E-state index contributed by atoms with van der Waals surface area (Å²) < 4.78 is 18.0. The number of hydrogen-bond acceptors (Lipinski definition) is 9. The molecule has 0 bridgehead atoms. The summed E-state index contributed by atoms with van der Waals surface area (Å²) in [6, 6.07) is 19.7. The Hall–Kier alpha value is -4.28. The summed E-state index contributed by atoms with van der Waals surface area (Å²) in [5.41, 5.74) is 2.54. The monoisotopic (exact) mass is 588 g/mol. The van der Waals surface area contributed by atoms with E-state index in [1.807, 2.05) is 60.9 Å². The highest BCUT2D eigenvalue weighted by Gasteiger charge is 2.35. The zero-order valence-electron chi connectivity index (χ0n) is 22.9. The first-order valence-corrected chi connectivity index (χ1v) is 14.8. The van der Waals surface area contributed by atoms with Crippen LogP contribution in [0.3, 0.4) is 0 Å². The first-order valence-electron chi connectivity index (χ1n) is 12.8. The van der Waals surface area contributed by atoms with Gasteiger partial charge in [0.15, 0.2) is 16.3 Å². The van der Waals surface area contributed by atoms with E-state index in [2.05, 4.69) is 0 Å². The van der Waals surface area contributed by atoms with Crippen LogP contribution in [0.2, 0.25) is 0 Å². The predicted molar refractivity (Wildman–Crippen MR) is 160 cm³/mol. The fourth-order valence-corrected chi connectivity index (χ4v) is 6.10. The third kappa shape index (κ3) is 5.40. The number of thioether (sulfide) groups is 1. The number of aromatic nitrogens is 1. The number of esters is 1. The maximum Gasteiger partial charge on any atom is 0.338 e. The third-order valence-corrected chi connectivity index (χ3v) is 8.33. The van der Waals surface area contributed by atoms with Gasteiger partial charge in [-0.1, -0.05) is 53.8 Å². The number of thiazole rings is 1. The van der Waals surface area contributed by atoms with E-state index in [4.69, 9.17) is 19.2 Å². The maximum atomic E-state index is 14.1. The molecule has 0 aliphatic carbocycles. The number of benzene rings is 3. The normalized spacial score (nSPS) is 14.8. The van der Waals surface area contributed by atoms with Crippen LogP contribution in [0.15, 0.2) is 87.0 Å². The summed E-state index contributed by atoms with van der Waals surface area (Å²) in [4.78, 5) is 34.0. The van der Waals surface area contributed by atoms with Gasteiger partial charge in [-0.15, -0.1) is 11.8 Å². The molecule has 41 heavy (non-hydrogen) atoms. The van der Waals surface area contributed by atoms with Gasteiger partial charge >= 0.3 is 5.97 Å². The second-order valence-electron chi connectivity index (χ2n) is 8.98. The number of phenolic OH excluding ortho intramolecular Hbond substituents is 1. The fraction of sp³-hybridized carbons (Fsp3) is 0.194. The van der Waals surface area contributed by atoms with Crippen molar-refractivity contribution in [1.29, 1.82) is 0 Å².